The number of hydrogen-bond acceptors (Lipinski definition) is 2. The highest BCUT2D eigenvalue weighted by atomic mass is 32.2. The summed E-state index contributed by atoms with van der Waals surface area (Å²) in [4.78, 5) is 8.74. The molecule has 0 bridgehead atoms. The molecule has 152 valence electrons. The fraction of sp³-hybridized carbons (Fsp3) is 0.708. The van der Waals surface area contributed by atoms with Crippen LogP contribution in [0.4, 0.5) is 0 Å². The number of H-pyrrole nitrogens is 1. The summed E-state index contributed by atoms with van der Waals surface area (Å²) >= 11 is 1.74. The first kappa shape index (κ1) is 22.3. The lowest BCUT2D eigenvalue weighted by molar-refractivity contribution is 0.723. The molecule has 0 amide bonds. The average Bonchev–Trinajstić information content (AvgIpc) is 3.12. The van der Waals surface area contributed by atoms with Gasteiger partial charge in [0.2, 0.25) is 0 Å². The Labute approximate surface area is 171 Å². The van der Waals surface area contributed by atoms with Crippen LogP contribution in [0.5, 0.6) is 0 Å². The van der Waals surface area contributed by atoms with Crippen molar-refractivity contribution in [3.8, 4) is 0 Å². The number of fused-ring (bicyclic) bond motifs is 1. The van der Waals surface area contributed by atoms with E-state index >= 15 is 0 Å². The van der Waals surface area contributed by atoms with Crippen molar-refractivity contribution < 1.29 is 0 Å². The van der Waals surface area contributed by atoms with Crippen molar-refractivity contribution in [3.63, 3.8) is 0 Å². The van der Waals surface area contributed by atoms with Crippen LogP contribution >= 0.6 is 11.8 Å². The molecule has 1 aromatic carbocycles. The Balaban J connectivity index is 2.72. The minimum atomic E-state index is 1.08. The van der Waals surface area contributed by atoms with Crippen molar-refractivity contribution in [2.45, 2.75) is 110 Å². The second-order valence-corrected chi connectivity index (χ2v) is 8.59. The van der Waals surface area contributed by atoms with Gasteiger partial charge in [-0.3, -0.25) is 0 Å². The Kier molecular flexibility index (Phi) is 9.75. The number of rotatable bonds is 13. The van der Waals surface area contributed by atoms with Gasteiger partial charge in [-0.05, 0) is 79.9 Å². The van der Waals surface area contributed by atoms with E-state index in [0.717, 1.165) is 5.16 Å². The highest BCUT2D eigenvalue weighted by Gasteiger charge is 2.21. The molecular formula is C24H40N2S. The topological polar surface area (TPSA) is 28.7 Å². The Hall–Kier alpha value is -0.960. The number of imidazole rings is 1. The molecule has 0 atom stereocenters. The molecule has 1 heterocycles. The SMILES string of the molecule is CCCCc1c(CCCC)c(CCCC)c2[nH]c(SC)nc2c1CCCC. The van der Waals surface area contributed by atoms with Gasteiger partial charge in [-0.15, -0.1) is 0 Å². The summed E-state index contributed by atoms with van der Waals surface area (Å²) in [7, 11) is 0. The third-order valence-corrected chi connectivity index (χ3v) is 6.26. The quantitative estimate of drug-likeness (QED) is 0.357. The van der Waals surface area contributed by atoms with Crippen molar-refractivity contribution in [1.29, 1.82) is 0 Å². The van der Waals surface area contributed by atoms with Gasteiger partial charge in [-0.1, -0.05) is 65.1 Å². The first-order valence-corrected chi connectivity index (χ1v) is 12.5. The fourth-order valence-corrected chi connectivity index (χ4v) is 4.49. The van der Waals surface area contributed by atoms with Crippen LogP contribution in [0.2, 0.25) is 0 Å². The van der Waals surface area contributed by atoms with Crippen molar-refractivity contribution >= 4 is 22.8 Å². The molecule has 2 nitrogen and oxygen atoms in total. The normalized spacial score (nSPS) is 11.6. The van der Waals surface area contributed by atoms with Gasteiger partial charge in [0, 0.05) is 0 Å². The maximum Gasteiger partial charge on any atom is 0.166 e. The Bertz CT molecular complexity index is 645. The minimum absolute atomic E-state index is 1.08. The van der Waals surface area contributed by atoms with E-state index in [1.165, 1.54) is 88.1 Å². The van der Waals surface area contributed by atoms with Gasteiger partial charge >= 0.3 is 0 Å². The lowest BCUT2D eigenvalue weighted by Crippen LogP contribution is -2.08. The summed E-state index contributed by atoms with van der Waals surface area (Å²) in [6.45, 7) is 9.23. The summed E-state index contributed by atoms with van der Waals surface area (Å²) in [5.74, 6) is 0. The van der Waals surface area contributed by atoms with Crippen LogP contribution in [0.15, 0.2) is 5.16 Å². The van der Waals surface area contributed by atoms with E-state index in [-0.39, 0.29) is 0 Å². The van der Waals surface area contributed by atoms with Gasteiger partial charge in [0.1, 0.15) is 0 Å². The molecule has 27 heavy (non-hydrogen) atoms. The monoisotopic (exact) mass is 388 g/mol. The molecule has 1 N–H and O–H groups in total. The molecule has 0 radical (unpaired) electrons. The molecule has 0 fully saturated rings. The van der Waals surface area contributed by atoms with Crippen molar-refractivity contribution in [2.24, 2.45) is 0 Å². The van der Waals surface area contributed by atoms with Gasteiger partial charge in [0.25, 0.3) is 0 Å². The number of thioether (sulfide) groups is 1. The third kappa shape index (κ3) is 5.53. The number of nitrogens with one attached hydrogen (secondary N) is 1. The summed E-state index contributed by atoms with van der Waals surface area (Å²) in [6, 6.07) is 0. The lowest BCUT2D eigenvalue weighted by Gasteiger charge is -2.21. The largest absolute Gasteiger partial charge is 0.333 e. The van der Waals surface area contributed by atoms with E-state index < -0.39 is 0 Å². The van der Waals surface area contributed by atoms with Crippen LogP contribution in [0.1, 0.15) is 101 Å². The minimum Gasteiger partial charge on any atom is -0.333 e. The molecule has 0 unspecified atom stereocenters. The van der Waals surface area contributed by atoms with E-state index in [2.05, 4.69) is 38.9 Å². The highest BCUT2D eigenvalue weighted by Crippen LogP contribution is 2.35. The van der Waals surface area contributed by atoms with Crippen LogP contribution in [-0.4, -0.2) is 16.2 Å². The second kappa shape index (κ2) is 11.8. The maximum atomic E-state index is 5.05. The number of unbranched alkanes of at least 4 members (excludes halogenated alkanes) is 4. The van der Waals surface area contributed by atoms with Crippen molar-refractivity contribution in [3.05, 3.63) is 22.3 Å². The molecular weight excluding hydrogens is 348 g/mol. The van der Waals surface area contributed by atoms with Gasteiger partial charge in [-0.25, -0.2) is 4.98 Å². The Morgan fingerprint density at radius 1 is 0.667 bits per heavy atom. The van der Waals surface area contributed by atoms with Crippen LogP contribution in [-0.2, 0) is 25.7 Å². The highest BCUT2D eigenvalue weighted by molar-refractivity contribution is 7.98. The zero-order chi connectivity index (χ0) is 19.6. The summed E-state index contributed by atoms with van der Waals surface area (Å²) < 4.78 is 0. The molecule has 3 heteroatoms. The standard InChI is InChI=1S/C24H40N2S/c1-6-10-14-18-19(15-11-7-2)21(17-13-9-4)23-22(20(18)16-12-8-3)25-24(26-23)27-5/h6-17H2,1-5H3,(H,25,26). The van der Waals surface area contributed by atoms with Crippen LogP contribution in [0.25, 0.3) is 11.0 Å². The van der Waals surface area contributed by atoms with E-state index in [1.54, 1.807) is 34.0 Å². The molecule has 0 aliphatic carbocycles. The Morgan fingerprint density at radius 3 is 1.59 bits per heavy atom. The smallest absolute Gasteiger partial charge is 0.166 e. The third-order valence-electron chi connectivity index (χ3n) is 5.68. The first-order valence-electron chi connectivity index (χ1n) is 11.3. The number of aromatic nitrogens is 2. The number of benzene rings is 1. The number of aromatic amines is 1. The van der Waals surface area contributed by atoms with E-state index in [0.29, 0.717) is 0 Å². The maximum absolute atomic E-state index is 5.05. The summed E-state index contributed by atoms with van der Waals surface area (Å²) in [6.07, 6.45) is 17.1. The molecule has 0 aliphatic heterocycles. The van der Waals surface area contributed by atoms with E-state index in [4.69, 9.17) is 4.98 Å². The molecule has 0 spiro atoms. The van der Waals surface area contributed by atoms with Crippen LogP contribution in [0.3, 0.4) is 0 Å². The molecule has 2 rings (SSSR count). The van der Waals surface area contributed by atoms with Crippen molar-refractivity contribution in [1.82, 2.24) is 9.97 Å². The predicted octanol–water partition coefficient (Wildman–Crippen LogP) is 7.66. The van der Waals surface area contributed by atoms with Gasteiger partial charge in [0.05, 0.1) is 11.0 Å². The molecule has 0 saturated carbocycles. The van der Waals surface area contributed by atoms with Crippen LogP contribution < -0.4 is 0 Å². The molecule has 0 saturated heterocycles. The summed E-state index contributed by atoms with van der Waals surface area (Å²) in [5.41, 5.74) is 9.11. The number of aryl methyl sites for hydroxylation is 2. The van der Waals surface area contributed by atoms with E-state index in [1.807, 2.05) is 0 Å². The first-order chi connectivity index (χ1) is 13.2. The Morgan fingerprint density at radius 2 is 1.11 bits per heavy atom. The number of hydrogen-bond donors (Lipinski definition) is 1. The van der Waals surface area contributed by atoms with Gasteiger partial charge < -0.3 is 4.98 Å². The fourth-order valence-electron chi connectivity index (χ4n) is 4.11. The van der Waals surface area contributed by atoms with Crippen molar-refractivity contribution in [2.75, 3.05) is 6.26 Å². The zero-order valence-corrected chi connectivity index (χ0v) is 19.2. The number of nitrogens with zero attached hydrogens (tertiary/aromatic N) is 1. The average molecular weight is 389 g/mol. The second-order valence-electron chi connectivity index (χ2n) is 7.80. The van der Waals surface area contributed by atoms with Crippen LogP contribution in [0, 0.1) is 0 Å². The molecule has 0 aliphatic rings. The van der Waals surface area contributed by atoms with E-state index in [9.17, 15) is 0 Å². The zero-order valence-electron chi connectivity index (χ0n) is 18.3. The molecule has 1 aromatic heterocycles. The summed E-state index contributed by atoms with van der Waals surface area (Å²) in [5, 5.41) is 1.08. The lowest BCUT2D eigenvalue weighted by atomic mass is 9.85. The van der Waals surface area contributed by atoms with Gasteiger partial charge in [-0.2, -0.15) is 0 Å². The van der Waals surface area contributed by atoms with Gasteiger partial charge in [0.15, 0.2) is 5.16 Å². The molecule has 2 aromatic rings. The predicted molar refractivity (Wildman–Crippen MR) is 122 cm³/mol.